The van der Waals surface area contributed by atoms with E-state index in [2.05, 4.69) is 22.3 Å². The molecule has 3 unspecified atom stereocenters. The molecule has 0 radical (unpaired) electrons. The predicted octanol–water partition coefficient (Wildman–Crippen LogP) is 4.41. The zero-order valence-corrected chi connectivity index (χ0v) is 25.5. The van der Waals surface area contributed by atoms with Crippen molar-refractivity contribution in [3.63, 3.8) is 0 Å². The number of nitrogens with zero attached hydrogens (tertiary/aromatic N) is 1. The van der Waals surface area contributed by atoms with E-state index in [0.29, 0.717) is 25.8 Å². The molecule has 3 aromatic rings. The standard InChI is InChI=1S/C35H43N3O7/c39-24-25-9-11-27(12-10-25)32-21-30(23-38-17-19-43-20-18-38)44-35(45-32)28-15-13-26(14-16-28)31-6-2-1-5-29(31)22-36-33(40)7-3-4-8-34(41)37-42/h1-2,5-6,9-16,30,32,35,39,42H,3-4,7-8,17-24H2,(H,36,40)(H,37,41). The minimum atomic E-state index is -0.528. The lowest BCUT2D eigenvalue weighted by Crippen LogP contribution is -2.44. The third-order valence-electron chi connectivity index (χ3n) is 8.35. The first kappa shape index (κ1) is 32.7. The normalized spacial score (nSPS) is 20.4. The number of benzene rings is 3. The largest absolute Gasteiger partial charge is 0.392 e. The maximum atomic E-state index is 12.4. The summed E-state index contributed by atoms with van der Waals surface area (Å²) < 4.78 is 18.6. The van der Waals surface area contributed by atoms with E-state index < -0.39 is 12.2 Å². The molecule has 2 fully saturated rings. The first-order chi connectivity index (χ1) is 22.0. The van der Waals surface area contributed by atoms with Crippen LogP contribution < -0.4 is 10.8 Å². The predicted molar refractivity (Wildman–Crippen MR) is 168 cm³/mol. The minimum absolute atomic E-state index is 0.00638. The van der Waals surface area contributed by atoms with Crippen molar-refractivity contribution in [2.75, 3.05) is 32.8 Å². The van der Waals surface area contributed by atoms with Gasteiger partial charge in [-0.05, 0) is 40.7 Å². The third-order valence-corrected chi connectivity index (χ3v) is 8.35. The quantitative estimate of drug-likeness (QED) is 0.126. The first-order valence-corrected chi connectivity index (χ1v) is 15.7. The summed E-state index contributed by atoms with van der Waals surface area (Å²) in [4.78, 5) is 25.9. The molecule has 3 aromatic carbocycles. The summed E-state index contributed by atoms with van der Waals surface area (Å²) in [6.07, 6.45) is 1.65. The zero-order chi connectivity index (χ0) is 31.4. The Balaban J connectivity index is 1.25. The van der Waals surface area contributed by atoms with Crippen molar-refractivity contribution >= 4 is 11.8 Å². The number of aliphatic hydroxyl groups excluding tert-OH is 1. The van der Waals surface area contributed by atoms with Gasteiger partial charge in [0.15, 0.2) is 6.29 Å². The molecule has 4 N–H and O–H groups in total. The van der Waals surface area contributed by atoms with Crippen LogP contribution in [0.4, 0.5) is 0 Å². The highest BCUT2D eigenvalue weighted by molar-refractivity contribution is 5.77. The van der Waals surface area contributed by atoms with Gasteiger partial charge in [-0.2, -0.15) is 0 Å². The molecule has 3 atom stereocenters. The van der Waals surface area contributed by atoms with Gasteiger partial charge < -0.3 is 24.6 Å². The zero-order valence-electron chi connectivity index (χ0n) is 25.5. The lowest BCUT2D eigenvalue weighted by Gasteiger charge is -2.39. The van der Waals surface area contributed by atoms with Gasteiger partial charge in [0, 0.05) is 51.0 Å². The van der Waals surface area contributed by atoms with Crippen LogP contribution in [0.15, 0.2) is 72.8 Å². The summed E-state index contributed by atoms with van der Waals surface area (Å²) in [5.74, 6) is -0.526. The molecule has 2 aliphatic heterocycles. The number of rotatable bonds is 13. The number of amides is 2. The second-order valence-corrected chi connectivity index (χ2v) is 11.6. The second-order valence-electron chi connectivity index (χ2n) is 11.6. The van der Waals surface area contributed by atoms with Crippen molar-refractivity contribution in [1.82, 2.24) is 15.7 Å². The summed E-state index contributed by atoms with van der Waals surface area (Å²) in [7, 11) is 0. The van der Waals surface area contributed by atoms with E-state index in [-0.39, 0.29) is 31.1 Å². The Bertz CT molecular complexity index is 1380. The fourth-order valence-corrected chi connectivity index (χ4v) is 5.79. The molecule has 0 spiro atoms. The van der Waals surface area contributed by atoms with Gasteiger partial charge in [-0.25, -0.2) is 5.48 Å². The van der Waals surface area contributed by atoms with Crippen LogP contribution in [0, 0.1) is 0 Å². The van der Waals surface area contributed by atoms with E-state index in [0.717, 1.165) is 72.6 Å². The van der Waals surface area contributed by atoms with Gasteiger partial charge in [-0.1, -0.05) is 72.8 Å². The van der Waals surface area contributed by atoms with Crippen molar-refractivity contribution in [3.05, 3.63) is 95.1 Å². The molecule has 0 aliphatic carbocycles. The highest BCUT2D eigenvalue weighted by Crippen LogP contribution is 2.39. The molecule has 10 nitrogen and oxygen atoms in total. The molecule has 10 heteroatoms. The summed E-state index contributed by atoms with van der Waals surface area (Å²) >= 11 is 0. The van der Waals surface area contributed by atoms with Crippen molar-refractivity contribution in [2.24, 2.45) is 0 Å². The highest BCUT2D eigenvalue weighted by Gasteiger charge is 2.33. The minimum Gasteiger partial charge on any atom is -0.392 e. The Labute approximate surface area is 264 Å². The van der Waals surface area contributed by atoms with Crippen LogP contribution in [-0.2, 0) is 37.0 Å². The van der Waals surface area contributed by atoms with Gasteiger partial charge in [0.25, 0.3) is 0 Å². The number of unbranched alkanes of at least 4 members (excludes halogenated alkanes) is 1. The van der Waals surface area contributed by atoms with Crippen LogP contribution in [0.25, 0.3) is 11.1 Å². The Morgan fingerprint density at radius 2 is 1.53 bits per heavy atom. The summed E-state index contributed by atoms with van der Waals surface area (Å²) in [5, 5.41) is 21.1. The molecular weight excluding hydrogens is 574 g/mol. The summed E-state index contributed by atoms with van der Waals surface area (Å²) in [6, 6.07) is 24.1. The number of aliphatic hydroxyl groups is 1. The molecule has 2 saturated heterocycles. The number of hydroxylamine groups is 1. The van der Waals surface area contributed by atoms with E-state index in [1.165, 1.54) is 0 Å². The fourth-order valence-electron chi connectivity index (χ4n) is 5.79. The molecule has 5 rings (SSSR count). The van der Waals surface area contributed by atoms with Gasteiger partial charge >= 0.3 is 0 Å². The molecule has 2 heterocycles. The number of nitrogens with one attached hydrogen (secondary N) is 2. The monoisotopic (exact) mass is 617 g/mol. The van der Waals surface area contributed by atoms with Crippen LogP contribution >= 0.6 is 0 Å². The smallest absolute Gasteiger partial charge is 0.243 e. The molecule has 0 saturated carbocycles. The maximum Gasteiger partial charge on any atom is 0.243 e. The van der Waals surface area contributed by atoms with Gasteiger partial charge in [0.05, 0.1) is 32.0 Å². The van der Waals surface area contributed by atoms with Crippen molar-refractivity contribution in [3.8, 4) is 11.1 Å². The first-order valence-electron chi connectivity index (χ1n) is 15.7. The van der Waals surface area contributed by atoms with Crippen LogP contribution in [0.2, 0.25) is 0 Å². The summed E-state index contributed by atoms with van der Waals surface area (Å²) in [6.45, 7) is 4.45. The van der Waals surface area contributed by atoms with Crippen molar-refractivity contribution in [2.45, 2.75) is 63.8 Å². The number of morpholine rings is 1. The Morgan fingerprint density at radius 3 is 2.24 bits per heavy atom. The van der Waals surface area contributed by atoms with Crippen molar-refractivity contribution < 1.29 is 34.1 Å². The summed E-state index contributed by atoms with van der Waals surface area (Å²) in [5.41, 5.74) is 7.53. The lowest BCUT2D eigenvalue weighted by molar-refractivity contribution is -0.253. The molecule has 2 amide bonds. The van der Waals surface area contributed by atoms with Crippen molar-refractivity contribution in [1.29, 1.82) is 0 Å². The van der Waals surface area contributed by atoms with Gasteiger partial charge in [-0.15, -0.1) is 0 Å². The topological polar surface area (TPSA) is 130 Å². The van der Waals surface area contributed by atoms with Gasteiger partial charge in [0.1, 0.15) is 0 Å². The second kappa shape index (κ2) is 16.6. The number of hydrogen-bond acceptors (Lipinski definition) is 8. The Morgan fingerprint density at radius 1 is 0.844 bits per heavy atom. The highest BCUT2D eigenvalue weighted by atomic mass is 16.7. The number of ether oxygens (including phenoxy) is 3. The molecule has 2 aliphatic rings. The Kier molecular flexibility index (Phi) is 12.1. The average molecular weight is 618 g/mol. The fraction of sp³-hybridized carbons (Fsp3) is 0.429. The van der Waals surface area contributed by atoms with Crippen LogP contribution in [-0.4, -0.2) is 66.0 Å². The SMILES string of the molecule is O=C(CCCCC(=O)NCc1ccccc1-c1ccc(C2OC(CN3CCOCC3)CC(c3ccc(CO)cc3)O2)cc1)NO. The molecule has 0 aromatic heterocycles. The van der Waals surface area contributed by atoms with E-state index >= 15 is 0 Å². The molecular formula is C35H43N3O7. The van der Waals surface area contributed by atoms with E-state index in [4.69, 9.17) is 19.4 Å². The van der Waals surface area contributed by atoms with E-state index in [1.807, 2.05) is 60.7 Å². The van der Waals surface area contributed by atoms with Crippen LogP contribution in [0.3, 0.4) is 0 Å². The number of carbonyl (C=O) groups is 2. The average Bonchev–Trinajstić information content (AvgIpc) is 3.09. The van der Waals surface area contributed by atoms with Gasteiger partial charge in [0.2, 0.25) is 11.8 Å². The lowest BCUT2D eigenvalue weighted by atomic mass is 9.97. The van der Waals surface area contributed by atoms with Crippen LogP contribution in [0.5, 0.6) is 0 Å². The van der Waals surface area contributed by atoms with Gasteiger partial charge in [-0.3, -0.25) is 19.7 Å². The van der Waals surface area contributed by atoms with E-state index in [1.54, 1.807) is 5.48 Å². The Hall–Kier alpha value is -3.64. The number of carbonyl (C=O) groups excluding carboxylic acids is 2. The maximum absolute atomic E-state index is 12.4. The third kappa shape index (κ3) is 9.43. The molecule has 0 bridgehead atoms. The number of hydrogen-bond donors (Lipinski definition) is 4. The molecule has 240 valence electrons. The molecule has 45 heavy (non-hydrogen) atoms. The van der Waals surface area contributed by atoms with E-state index in [9.17, 15) is 14.7 Å². The van der Waals surface area contributed by atoms with Crippen LogP contribution in [0.1, 0.15) is 66.8 Å².